The Hall–Kier alpha value is -2.67. The average molecular weight is 373 g/mol. The molecule has 3 amide bonds. The van der Waals surface area contributed by atoms with Crippen LogP contribution < -0.4 is 5.73 Å². The van der Waals surface area contributed by atoms with Crippen LogP contribution in [0, 0.1) is 5.82 Å². The SMILES string of the molecule is NC(=O)N1CCCN(C(=O)/C=C/c2ccc(-c3ccc(F)cc3)s2)CC1. The molecular formula is C19H20FN3O2S. The Labute approximate surface area is 155 Å². The summed E-state index contributed by atoms with van der Waals surface area (Å²) in [5.41, 5.74) is 6.25. The summed E-state index contributed by atoms with van der Waals surface area (Å²) in [5.74, 6) is -0.337. The van der Waals surface area contributed by atoms with Gasteiger partial charge in [0.25, 0.3) is 0 Å². The lowest BCUT2D eigenvalue weighted by Gasteiger charge is -2.19. The van der Waals surface area contributed by atoms with Crippen LogP contribution in [0.4, 0.5) is 9.18 Å². The Bertz CT molecular complexity index is 816. The highest BCUT2D eigenvalue weighted by Gasteiger charge is 2.19. The third kappa shape index (κ3) is 4.49. The van der Waals surface area contributed by atoms with E-state index < -0.39 is 6.03 Å². The number of urea groups is 1. The van der Waals surface area contributed by atoms with Gasteiger partial charge in [-0.2, -0.15) is 0 Å². The van der Waals surface area contributed by atoms with Gasteiger partial charge in [0, 0.05) is 42.0 Å². The van der Waals surface area contributed by atoms with E-state index in [-0.39, 0.29) is 11.7 Å². The van der Waals surface area contributed by atoms with E-state index in [1.54, 1.807) is 34.1 Å². The predicted molar refractivity (Wildman–Crippen MR) is 101 cm³/mol. The minimum absolute atomic E-state index is 0.0759. The largest absolute Gasteiger partial charge is 0.351 e. The Kier molecular flexibility index (Phi) is 5.68. The van der Waals surface area contributed by atoms with E-state index >= 15 is 0 Å². The van der Waals surface area contributed by atoms with Crippen molar-refractivity contribution in [3.63, 3.8) is 0 Å². The molecule has 0 unspecified atom stereocenters. The number of rotatable bonds is 3. The Morgan fingerprint density at radius 1 is 1.00 bits per heavy atom. The fourth-order valence-corrected chi connectivity index (χ4v) is 3.74. The molecule has 0 spiro atoms. The molecule has 1 aromatic carbocycles. The van der Waals surface area contributed by atoms with Crippen LogP contribution in [-0.4, -0.2) is 47.9 Å². The topological polar surface area (TPSA) is 66.6 Å². The molecule has 0 aliphatic carbocycles. The maximum absolute atomic E-state index is 13.0. The summed E-state index contributed by atoms with van der Waals surface area (Å²) in [6.07, 6.45) is 4.06. The molecule has 1 fully saturated rings. The number of halogens is 1. The van der Waals surface area contributed by atoms with Crippen LogP contribution in [0.1, 0.15) is 11.3 Å². The second-order valence-electron chi connectivity index (χ2n) is 6.05. The van der Waals surface area contributed by atoms with Gasteiger partial charge in [0.05, 0.1) is 0 Å². The number of carbonyl (C=O) groups excluding carboxylic acids is 2. The molecule has 0 atom stereocenters. The predicted octanol–water partition coefficient (Wildman–Crippen LogP) is 3.18. The van der Waals surface area contributed by atoms with Gasteiger partial charge in [-0.15, -0.1) is 11.3 Å². The first-order valence-electron chi connectivity index (χ1n) is 8.40. The van der Waals surface area contributed by atoms with Crippen LogP contribution in [0.5, 0.6) is 0 Å². The molecule has 7 heteroatoms. The maximum Gasteiger partial charge on any atom is 0.314 e. The Morgan fingerprint density at radius 3 is 2.42 bits per heavy atom. The van der Waals surface area contributed by atoms with Crippen LogP contribution in [0.2, 0.25) is 0 Å². The van der Waals surface area contributed by atoms with Gasteiger partial charge in [0.2, 0.25) is 5.91 Å². The fourth-order valence-electron chi connectivity index (χ4n) is 2.83. The molecule has 2 aromatic rings. The monoisotopic (exact) mass is 373 g/mol. The van der Waals surface area contributed by atoms with Gasteiger partial charge in [-0.05, 0) is 42.3 Å². The fraction of sp³-hybridized carbons (Fsp3) is 0.263. The first-order chi connectivity index (χ1) is 12.5. The molecule has 1 aromatic heterocycles. The number of nitrogens with two attached hydrogens (primary N) is 1. The van der Waals surface area contributed by atoms with Crippen LogP contribution >= 0.6 is 11.3 Å². The smallest absolute Gasteiger partial charge is 0.314 e. The number of thiophene rings is 1. The van der Waals surface area contributed by atoms with Crippen molar-refractivity contribution < 1.29 is 14.0 Å². The van der Waals surface area contributed by atoms with Crippen LogP contribution in [-0.2, 0) is 4.79 Å². The molecule has 1 aliphatic rings. The van der Waals surface area contributed by atoms with Crippen molar-refractivity contribution in [1.29, 1.82) is 0 Å². The maximum atomic E-state index is 13.0. The Balaban J connectivity index is 1.62. The number of benzene rings is 1. The van der Waals surface area contributed by atoms with Crippen molar-refractivity contribution in [3.05, 3.63) is 53.2 Å². The van der Waals surface area contributed by atoms with E-state index in [1.165, 1.54) is 23.5 Å². The van der Waals surface area contributed by atoms with Gasteiger partial charge in [-0.25, -0.2) is 9.18 Å². The number of hydrogen-bond donors (Lipinski definition) is 1. The number of hydrogen-bond acceptors (Lipinski definition) is 3. The van der Waals surface area contributed by atoms with Gasteiger partial charge in [0.15, 0.2) is 0 Å². The standard InChI is InChI=1S/C19H20FN3O2S/c20-15-4-2-14(3-5-15)17-8-6-16(26-17)7-9-18(24)22-10-1-11-23(13-12-22)19(21)25/h2-9H,1,10-13H2,(H2,21,25)/b9-7+. The van der Waals surface area contributed by atoms with E-state index in [9.17, 15) is 14.0 Å². The van der Waals surface area contributed by atoms with Crippen LogP contribution in [0.15, 0.2) is 42.5 Å². The van der Waals surface area contributed by atoms with Gasteiger partial charge < -0.3 is 15.5 Å². The molecule has 3 rings (SSSR count). The summed E-state index contributed by atoms with van der Waals surface area (Å²) in [6, 6.07) is 9.79. The minimum Gasteiger partial charge on any atom is -0.351 e. The number of primary amides is 1. The lowest BCUT2D eigenvalue weighted by Crippen LogP contribution is -2.39. The Morgan fingerprint density at radius 2 is 1.69 bits per heavy atom. The summed E-state index contributed by atoms with van der Waals surface area (Å²) >= 11 is 1.54. The van der Waals surface area contributed by atoms with E-state index in [2.05, 4.69) is 0 Å². The lowest BCUT2D eigenvalue weighted by atomic mass is 10.2. The molecule has 136 valence electrons. The van der Waals surface area contributed by atoms with E-state index in [1.807, 2.05) is 12.1 Å². The normalized spacial score (nSPS) is 15.3. The lowest BCUT2D eigenvalue weighted by molar-refractivity contribution is -0.125. The third-order valence-corrected chi connectivity index (χ3v) is 5.36. The first-order valence-corrected chi connectivity index (χ1v) is 9.22. The van der Waals surface area contributed by atoms with Crippen molar-refractivity contribution in [2.24, 2.45) is 5.73 Å². The zero-order valence-corrected chi connectivity index (χ0v) is 15.0. The van der Waals surface area contributed by atoms with Crippen molar-refractivity contribution in [3.8, 4) is 10.4 Å². The zero-order chi connectivity index (χ0) is 18.5. The highest BCUT2D eigenvalue weighted by molar-refractivity contribution is 7.16. The zero-order valence-electron chi connectivity index (χ0n) is 14.2. The van der Waals surface area contributed by atoms with Gasteiger partial charge in [-0.1, -0.05) is 12.1 Å². The first kappa shape index (κ1) is 18.1. The van der Waals surface area contributed by atoms with Gasteiger partial charge >= 0.3 is 6.03 Å². The molecule has 2 heterocycles. The van der Waals surface area contributed by atoms with Crippen molar-refractivity contribution in [2.45, 2.75) is 6.42 Å². The summed E-state index contributed by atoms with van der Waals surface area (Å²) in [7, 11) is 0. The second-order valence-corrected chi connectivity index (χ2v) is 7.16. The third-order valence-electron chi connectivity index (χ3n) is 4.26. The second kappa shape index (κ2) is 8.14. The molecule has 0 saturated carbocycles. The molecule has 5 nitrogen and oxygen atoms in total. The van der Waals surface area contributed by atoms with E-state index in [0.29, 0.717) is 26.2 Å². The van der Waals surface area contributed by atoms with Gasteiger partial charge in [0.1, 0.15) is 5.82 Å². The minimum atomic E-state index is -0.443. The highest BCUT2D eigenvalue weighted by Crippen LogP contribution is 2.29. The molecule has 26 heavy (non-hydrogen) atoms. The summed E-state index contributed by atoms with van der Waals surface area (Å²) < 4.78 is 13.0. The molecule has 0 bridgehead atoms. The van der Waals surface area contributed by atoms with Crippen molar-refractivity contribution in [1.82, 2.24) is 9.80 Å². The number of nitrogens with zero attached hydrogens (tertiary/aromatic N) is 2. The average Bonchev–Trinajstić information content (AvgIpc) is 2.95. The molecule has 0 radical (unpaired) electrons. The molecule has 2 N–H and O–H groups in total. The van der Waals surface area contributed by atoms with E-state index in [0.717, 1.165) is 21.7 Å². The summed E-state index contributed by atoms with van der Waals surface area (Å²) in [4.78, 5) is 28.9. The molecular weight excluding hydrogens is 353 g/mol. The number of amides is 3. The quantitative estimate of drug-likeness (QED) is 0.840. The van der Waals surface area contributed by atoms with Crippen LogP contribution in [0.3, 0.4) is 0 Å². The number of carbonyl (C=O) groups is 2. The van der Waals surface area contributed by atoms with Crippen molar-refractivity contribution >= 4 is 29.4 Å². The highest BCUT2D eigenvalue weighted by atomic mass is 32.1. The molecule has 1 saturated heterocycles. The van der Waals surface area contributed by atoms with Crippen LogP contribution in [0.25, 0.3) is 16.5 Å². The summed E-state index contributed by atoms with van der Waals surface area (Å²) in [6.45, 7) is 2.13. The molecule has 1 aliphatic heterocycles. The van der Waals surface area contributed by atoms with E-state index in [4.69, 9.17) is 5.73 Å². The van der Waals surface area contributed by atoms with Gasteiger partial charge in [-0.3, -0.25) is 4.79 Å². The summed E-state index contributed by atoms with van der Waals surface area (Å²) in [5, 5.41) is 0. The van der Waals surface area contributed by atoms with Crippen molar-refractivity contribution in [2.75, 3.05) is 26.2 Å².